The van der Waals surface area contributed by atoms with Crippen molar-refractivity contribution in [3.8, 4) is 0 Å². The van der Waals surface area contributed by atoms with Crippen molar-refractivity contribution < 1.29 is 9.59 Å². The van der Waals surface area contributed by atoms with Crippen LogP contribution in [-0.4, -0.2) is 29.9 Å². The SMILES string of the molecule is CC(=O)NCCNC(=O)c1cccnc1.Cl. The monoisotopic (exact) mass is 243 g/mol. The Labute approximate surface area is 100 Å². The molecule has 2 N–H and O–H groups in total. The first-order chi connectivity index (χ1) is 7.20. The summed E-state index contributed by atoms with van der Waals surface area (Å²) < 4.78 is 0. The Morgan fingerprint density at radius 3 is 2.56 bits per heavy atom. The number of carbonyl (C=O) groups excluding carboxylic acids is 2. The Hall–Kier alpha value is -1.62. The van der Waals surface area contributed by atoms with Crippen molar-refractivity contribution in [1.82, 2.24) is 15.6 Å². The molecule has 88 valence electrons. The largest absolute Gasteiger partial charge is 0.355 e. The Kier molecular flexibility index (Phi) is 6.87. The van der Waals surface area contributed by atoms with Gasteiger partial charge in [0.25, 0.3) is 5.91 Å². The van der Waals surface area contributed by atoms with E-state index in [4.69, 9.17) is 0 Å². The number of carbonyl (C=O) groups is 2. The second-order valence-electron chi connectivity index (χ2n) is 2.98. The molecular formula is C10H14ClN3O2. The fourth-order valence-corrected chi connectivity index (χ4v) is 1.01. The van der Waals surface area contributed by atoms with Gasteiger partial charge in [-0.25, -0.2) is 0 Å². The van der Waals surface area contributed by atoms with Gasteiger partial charge in [-0.05, 0) is 12.1 Å². The average molecular weight is 244 g/mol. The lowest BCUT2D eigenvalue weighted by Gasteiger charge is -2.04. The zero-order valence-corrected chi connectivity index (χ0v) is 9.71. The zero-order chi connectivity index (χ0) is 11.1. The maximum atomic E-state index is 11.4. The maximum Gasteiger partial charge on any atom is 0.252 e. The van der Waals surface area contributed by atoms with E-state index in [1.165, 1.54) is 13.1 Å². The molecule has 0 aliphatic heterocycles. The number of hydrogen-bond donors (Lipinski definition) is 2. The first kappa shape index (κ1) is 14.4. The minimum Gasteiger partial charge on any atom is -0.355 e. The van der Waals surface area contributed by atoms with Crippen molar-refractivity contribution in [2.45, 2.75) is 6.92 Å². The Balaban J connectivity index is 0.00000225. The fourth-order valence-electron chi connectivity index (χ4n) is 1.01. The summed E-state index contributed by atoms with van der Waals surface area (Å²) in [5, 5.41) is 5.24. The van der Waals surface area contributed by atoms with Crippen molar-refractivity contribution in [1.29, 1.82) is 0 Å². The molecule has 1 aromatic rings. The highest BCUT2D eigenvalue weighted by atomic mass is 35.5. The lowest BCUT2D eigenvalue weighted by Crippen LogP contribution is -2.33. The second kappa shape index (κ2) is 7.64. The van der Waals surface area contributed by atoms with Crippen LogP contribution >= 0.6 is 12.4 Å². The quantitative estimate of drug-likeness (QED) is 0.751. The maximum absolute atomic E-state index is 11.4. The van der Waals surface area contributed by atoms with Crippen LogP contribution < -0.4 is 10.6 Å². The van der Waals surface area contributed by atoms with Crippen LogP contribution in [-0.2, 0) is 4.79 Å². The number of aromatic nitrogens is 1. The molecule has 1 aromatic heterocycles. The highest BCUT2D eigenvalue weighted by Gasteiger charge is 2.03. The molecule has 0 aliphatic rings. The number of nitrogens with one attached hydrogen (secondary N) is 2. The van der Waals surface area contributed by atoms with E-state index in [0.717, 1.165) is 0 Å². The van der Waals surface area contributed by atoms with E-state index in [1.54, 1.807) is 18.3 Å². The Morgan fingerprint density at radius 1 is 1.31 bits per heavy atom. The molecule has 16 heavy (non-hydrogen) atoms. The molecule has 0 atom stereocenters. The fraction of sp³-hybridized carbons (Fsp3) is 0.300. The van der Waals surface area contributed by atoms with Crippen LogP contribution in [0.4, 0.5) is 0 Å². The third-order valence-corrected chi connectivity index (χ3v) is 1.71. The molecule has 0 fully saturated rings. The van der Waals surface area contributed by atoms with Crippen LogP contribution in [0.1, 0.15) is 17.3 Å². The van der Waals surface area contributed by atoms with E-state index in [9.17, 15) is 9.59 Å². The van der Waals surface area contributed by atoms with Gasteiger partial charge in [0.2, 0.25) is 5.91 Å². The molecule has 0 aromatic carbocycles. The Morgan fingerprint density at radius 2 is 2.00 bits per heavy atom. The number of hydrogen-bond acceptors (Lipinski definition) is 3. The predicted molar refractivity (Wildman–Crippen MR) is 62.5 cm³/mol. The topological polar surface area (TPSA) is 71.1 Å². The van der Waals surface area contributed by atoms with Crippen LogP contribution in [0.3, 0.4) is 0 Å². The lowest BCUT2D eigenvalue weighted by molar-refractivity contribution is -0.118. The summed E-state index contributed by atoms with van der Waals surface area (Å²) in [6, 6.07) is 3.38. The molecule has 0 bridgehead atoms. The molecule has 0 aliphatic carbocycles. The number of nitrogens with zero attached hydrogens (tertiary/aromatic N) is 1. The molecule has 6 heteroatoms. The summed E-state index contributed by atoms with van der Waals surface area (Å²) in [7, 11) is 0. The average Bonchev–Trinajstić information content (AvgIpc) is 2.25. The van der Waals surface area contributed by atoms with Gasteiger partial charge in [0.15, 0.2) is 0 Å². The summed E-state index contributed by atoms with van der Waals surface area (Å²) in [5.74, 6) is -0.293. The molecule has 5 nitrogen and oxygen atoms in total. The first-order valence-corrected chi connectivity index (χ1v) is 4.63. The van der Waals surface area contributed by atoms with Crippen molar-refractivity contribution >= 4 is 24.2 Å². The summed E-state index contributed by atoms with van der Waals surface area (Å²) in [6.45, 7) is 2.28. The van der Waals surface area contributed by atoms with Gasteiger partial charge < -0.3 is 10.6 Å². The summed E-state index contributed by atoms with van der Waals surface area (Å²) in [6.07, 6.45) is 3.10. The zero-order valence-electron chi connectivity index (χ0n) is 8.90. The summed E-state index contributed by atoms with van der Waals surface area (Å²) >= 11 is 0. The number of halogens is 1. The number of amides is 2. The van der Waals surface area contributed by atoms with E-state index < -0.39 is 0 Å². The normalized spacial score (nSPS) is 8.81. The van der Waals surface area contributed by atoms with E-state index in [-0.39, 0.29) is 24.2 Å². The molecule has 0 saturated heterocycles. The summed E-state index contributed by atoms with van der Waals surface area (Å²) in [5.41, 5.74) is 0.514. The van der Waals surface area contributed by atoms with Crippen LogP contribution in [0.25, 0.3) is 0 Å². The molecule has 0 unspecified atom stereocenters. The second-order valence-corrected chi connectivity index (χ2v) is 2.98. The van der Waals surface area contributed by atoms with Gasteiger partial charge in [-0.1, -0.05) is 0 Å². The van der Waals surface area contributed by atoms with Gasteiger partial charge in [-0.3, -0.25) is 14.6 Å². The minimum atomic E-state index is -0.187. The lowest BCUT2D eigenvalue weighted by atomic mass is 10.3. The highest BCUT2D eigenvalue weighted by molar-refractivity contribution is 5.93. The number of pyridine rings is 1. The first-order valence-electron chi connectivity index (χ1n) is 4.63. The minimum absolute atomic E-state index is 0. The van der Waals surface area contributed by atoms with E-state index >= 15 is 0 Å². The molecule has 1 rings (SSSR count). The van der Waals surface area contributed by atoms with Crippen LogP contribution in [0.5, 0.6) is 0 Å². The van der Waals surface area contributed by atoms with Crippen molar-refractivity contribution in [3.63, 3.8) is 0 Å². The summed E-state index contributed by atoms with van der Waals surface area (Å²) in [4.78, 5) is 25.8. The van der Waals surface area contributed by atoms with Gasteiger partial charge >= 0.3 is 0 Å². The van der Waals surface area contributed by atoms with E-state index in [2.05, 4.69) is 15.6 Å². The molecule has 1 heterocycles. The Bertz CT molecular complexity index is 343. The van der Waals surface area contributed by atoms with Gasteiger partial charge in [0, 0.05) is 32.4 Å². The number of rotatable bonds is 4. The third-order valence-electron chi connectivity index (χ3n) is 1.71. The van der Waals surface area contributed by atoms with Crippen LogP contribution in [0, 0.1) is 0 Å². The van der Waals surface area contributed by atoms with Gasteiger partial charge in [-0.2, -0.15) is 0 Å². The standard InChI is InChI=1S/C10H13N3O2.ClH/c1-8(14)12-5-6-13-10(15)9-3-2-4-11-7-9;/h2-4,7H,5-6H2,1H3,(H,12,14)(H,13,15);1H. The van der Waals surface area contributed by atoms with Crippen molar-refractivity contribution in [2.24, 2.45) is 0 Å². The van der Waals surface area contributed by atoms with Crippen LogP contribution in [0.2, 0.25) is 0 Å². The van der Waals surface area contributed by atoms with Gasteiger partial charge in [-0.15, -0.1) is 12.4 Å². The van der Waals surface area contributed by atoms with Crippen molar-refractivity contribution in [3.05, 3.63) is 30.1 Å². The molecule has 2 amide bonds. The molecule has 0 saturated carbocycles. The molecule has 0 spiro atoms. The van der Waals surface area contributed by atoms with E-state index in [1.807, 2.05) is 0 Å². The third kappa shape index (κ3) is 5.31. The van der Waals surface area contributed by atoms with Gasteiger partial charge in [0.05, 0.1) is 5.56 Å². The van der Waals surface area contributed by atoms with Gasteiger partial charge in [0.1, 0.15) is 0 Å². The van der Waals surface area contributed by atoms with Crippen LogP contribution in [0.15, 0.2) is 24.5 Å². The molecule has 0 radical (unpaired) electrons. The predicted octanol–water partition coefficient (Wildman–Crippen LogP) is 0.369. The van der Waals surface area contributed by atoms with E-state index in [0.29, 0.717) is 18.7 Å². The van der Waals surface area contributed by atoms with Crippen molar-refractivity contribution in [2.75, 3.05) is 13.1 Å². The highest BCUT2D eigenvalue weighted by Crippen LogP contribution is 1.93. The smallest absolute Gasteiger partial charge is 0.252 e. The molecular weight excluding hydrogens is 230 g/mol.